The van der Waals surface area contributed by atoms with Gasteiger partial charge in [0.2, 0.25) is 0 Å². The first kappa shape index (κ1) is 16.1. The SMILES string of the molecule is CCCCCCCC(CCC)Cc1ccc(O)cc1. The molecule has 1 aromatic carbocycles. The number of phenolic OH excluding ortho intramolecular Hbond substituents is 1. The molecule has 0 amide bonds. The molecule has 1 heteroatoms. The van der Waals surface area contributed by atoms with E-state index in [0.29, 0.717) is 5.75 Å². The van der Waals surface area contributed by atoms with Gasteiger partial charge in [-0.15, -0.1) is 0 Å². The lowest BCUT2D eigenvalue weighted by Gasteiger charge is -2.16. The second-order valence-corrected chi connectivity index (χ2v) is 5.73. The Bertz CT molecular complexity index is 315. The van der Waals surface area contributed by atoms with Crippen LogP contribution in [0.15, 0.2) is 24.3 Å². The fraction of sp³-hybridized carbons (Fsp3) is 0.667. The molecule has 1 rings (SSSR count). The van der Waals surface area contributed by atoms with E-state index in [1.54, 1.807) is 12.1 Å². The number of rotatable bonds is 10. The molecule has 0 saturated carbocycles. The number of benzene rings is 1. The Hall–Kier alpha value is -0.980. The summed E-state index contributed by atoms with van der Waals surface area (Å²) in [5.74, 6) is 1.19. The van der Waals surface area contributed by atoms with Crippen molar-refractivity contribution in [3.63, 3.8) is 0 Å². The molecule has 0 fully saturated rings. The van der Waals surface area contributed by atoms with E-state index in [1.165, 1.54) is 63.4 Å². The lowest BCUT2D eigenvalue weighted by Crippen LogP contribution is -2.04. The van der Waals surface area contributed by atoms with Crippen LogP contribution in [0.4, 0.5) is 0 Å². The van der Waals surface area contributed by atoms with Gasteiger partial charge in [-0.05, 0) is 30.0 Å². The van der Waals surface area contributed by atoms with E-state index in [2.05, 4.69) is 26.0 Å². The predicted octanol–water partition coefficient (Wildman–Crippen LogP) is 5.71. The fourth-order valence-electron chi connectivity index (χ4n) is 2.76. The van der Waals surface area contributed by atoms with E-state index in [1.807, 2.05) is 0 Å². The number of hydrogen-bond donors (Lipinski definition) is 1. The predicted molar refractivity (Wildman–Crippen MR) is 83.6 cm³/mol. The van der Waals surface area contributed by atoms with Crippen molar-refractivity contribution in [3.8, 4) is 5.75 Å². The van der Waals surface area contributed by atoms with Crippen molar-refractivity contribution in [2.75, 3.05) is 0 Å². The average molecular weight is 262 g/mol. The van der Waals surface area contributed by atoms with Crippen molar-refractivity contribution >= 4 is 0 Å². The normalized spacial score (nSPS) is 12.5. The standard InChI is InChI=1S/C18H30O/c1-3-5-6-7-8-10-16(9-4-2)15-17-11-13-18(19)14-12-17/h11-14,16,19H,3-10,15H2,1-2H3. The van der Waals surface area contributed by atoms with Crippen molar-refractivity contribution in [1.29, 1.82) is 0 Å². The van der Waals surface area contributed by atoms with Crippen molar-refractivity contribution in [2.45, 2.75) is 71.6 Å². The molecule has 0 heterocycles. The molecule has 19 heavy (non-hydrogen) atoms. The van der Waals surface area contributed by atoms with Crippen LogP contribution in [-0.2, 0) is 6.42 Å². The second-order valence-electron chi connectivity index (χ2n) is 5.73. The summed E-state index contributed by atoms with van der Waals surface area (Å²) in [5.41, 5.74) is 1.37. The first-order chi connectivity index (χ1) is 9.26. The molecular formula is C18H30O. The molecule has 0 aliphatic carbocycles. The van der Waals surface area contributed by atoms with Crippen molar-refractivity contribution in [3.05, 3.63) is 29.8 Å². The van der Waals surface area contributed by atoms with E-state index in [4.69, 9.17) is 0 Å². The Balaban J connectivity index is 2.33. The van der Waals surface area contributed by atoms with Gasteiger partial charge >= 0.3 is 0 Å². The zero-order chi connectivity index (χ0) is 13.9. The summed E-state index contributed by atoms with van der Waals surface area (Å²) in [6.45, 7) is 4.55. The molecule has 0 aliphatic heterocycles. The summed E-state index contributed by atoms with van der Waals surface area (Å²) in [7, 11) is 0. The van der Waals surface area contributed by atoms with Crippen LogP contribution in [0.25, 0.3) is 0 Å². The van der Waals surface area contributed by atoms with Crippen molar-refractivity contribution in [2.24, 2.45) is 5.92 Å². The van der Waals surface area contributed by atoms with Crippen molar-refractivity contribution < 1.29 is 5.11 Å². The number of aromatic hydroxyl groups is 1. The third-order valence-corrected chi connectivity index (χ3v) is 3.87. The van der Waals surface area contributed by atoms with E-state index < -0.39 is 0 Å². The van der Waals surface area contributed by atoms with Gasteiger partial charge in [-0.25, -0.2) is 0 Å². The summed E-state index contributed by atoms with van der Waals surface area (Å²) in [5, 5.41) is 9.32. The minimum Gasteiger partial charge on any atom is -0.508 e. The molecule has 0 aromatic heterocycles. The molecule has 0 bridgehead atoms. The Morgan fingerprint density at radius 2 is 1.53 bits per heavy atom. The van der Waals surface area contributed by atoms with Gasteiger partial charge < -0.3 is 5.11 Å². The Kier molecular flexibility index (Phi) is 8.36. The largest absolute Gasteiger partial charge is 0.508 e. The summed E-state index contributed by atoms with van der Waals surface area (Å²) >= 11 is 0. The second kappa shape index (κ2) is 9.89. The van der Waals surface area contributed by atoms with Gasteiger partial charge in [-0.2, -0.15) is 0 Å². The lowest BCUT2D eigenvalue weighted by atomic mass is 9.90. The number of unbranched alkanes of at least 4 members (excludes halogenated alkanes) is 4. The van der Waals surface area contributed by atoms with Gasteiger partial charge in [-0.1, -0.05) is 77.3 Å². The van der Waals surface area contributed by atoms with Gasteiger partial charge in [0.1, 0.15) is 5.75 Å². The van der Waals surface area contributed by atoms with Crippen LogP contribution in [0, 0.1) is 5.92 Å². The lowest BCUT2D eigenvalue weighted by molar-refractivity contribution is 0.417. The van der Waals surface area contributed by atoms with E-state index >= 15 is 0 Å². The third kappa shape index (κ3) is 7.25. The zero-order valence-corrected chi connectivity index (χ0v) is 12.7. The Morgan fingerprint density at radius 3 is 2.16 bits per heavy atom. The molecule has 1 unspecified atom stereocenters. The summed E-state index contributed by atoms with van der Waals surface area (Å²) < 4.78 is 0. The minimum atomic E-state index is 0.371. The average Bonchev–Trinajstić information content (AvgIpc) is 2.41. The molecule has 1 aromatic rings. The molecule has 1 atom stereocenters. The maximum atomic E-state index is 9.32. The van der Waals surface area contributed by atoms with Crippen LogP contribution < -0.4 is 0 Å². The van der Waals surface area contributed by atoms with Crippen LogP contribution in [0.2, 0.25) is 0 Å². The molecule has 1 N–H and O–H groups in total. The Morgan fingerprint density at radius 1 is 0.842 bits per heavy atom. The van der Waals surface area contributed by atoms with E-state index in [0.717, 1.165) is 5.92 Å². The highest BCUT2D eigenvalue weighted by molar-refractivity contribution is 5.26. The first-order valence-electron chi connectivity index (χ1n) is 8.04. The van der Waals surface area contributed by atoms with Gasteiger partial charge in [0.05, 0.1) is 0 Å². The highest BCUT2D eigenvalue weighted by atomic mass is 16.3. The van der Waals surface area contributed by atoms with Gasteiger partial charge in [0.25, 0.3) is 0 Å². The molecule has 1 nitrogen and oxygen atoms in total. The van der Waals surface area contributed by atoms with Crippen LogP contribution in [-0.4, -0.2) is 5.11 Å². The summed E-state index contributed by atoms with van der Waals surface area (Å²) in [4.78, 5) is 0. The van der Waals surface area contributed by atoms with Crippen LogP contribution in [0.3, 0.4) is 0 Å². The van der Waals surface area contributed by atoms with Gasteiger partial charge in [0, 0.05) is 0 Å². The van der Waals surface area contributed by atoms with Crippen LogP contribution in [0.1, 0.15) is 70.8 Å². The highest BCUT2D eigenvalue weighted by Crippen LogP contribution is 2.22. The molecule has 0 saturated heterocycles. The maximum absolute atomic E-state index is 9.32. The highest BCUT2D eigenvalue weighted by Gasteiger charge is 2.08. The molecule has 108 valence electrons. The van der Waals surface area contributed by atoms with Gasteiger partial charge in [0.15, 0.2) is 0 Å². The Labute approximate surface area is 119 Å². The maximum Gasteiger partial charge on any atom is 0.115 e. The summed E-state index contributed by atoms with van der Waals surface area (Å²) in [6, 6.07) is 7.74. The van der Waals surface area contributed by atoms with E-state index in [9.17, 15) is 5.11 Å². The molecule has 0 spiro atoms. The quantitative estimate of drug-likeness (QED) is 0.535. The number of phenols is 1. The van der Waals surface area contributed by atoms with Crippen molar-refractivity contribution in [1.82, 2.24) is 0 Å². The van der Waals surface area contributed by atoms with Crippen LogP contribution in [0.5, 0.6) is 5.75 Å². The van der Waals surface area contributed by atoms with Crippen LogP contribution >= 0.6 is 0 Å². The molecular weight excluding hydrogens is 232 g/mol. The first-order valence-corrected chi connectivity index (χ1v) is 8.04. The molecule has 0 aliphatic rings. The smallest absolute Gasteiger partial charge is 0.115 e. The molecule has 0 radical (unpaired) electrons. The third-order valence-electron chi connectivity index (χ3n) is 3.87. The number of hydrogen-bond acceptors (Lipinski definition) is 1. The fourth-order valence-corrected chi connectivity index (χ4v) is 2.76. The minimum absolute atomic E-state index is 0.371. The topological polar surface area (TPSA) is 20.2 Å². The van der Waals surface area contributed by atoms with E-state index in [-0.39, 0.29) is 0 Å². The van der Waals surface area contributed by atoms with Gasteiger partial charge in [-0.3, -0.25) is 0 Å². The monoisotopic (exact) mass is 262 g/mol. The summed E-state index contributed by atoms with van der Waals surface area (Å²) in [6.07, 6.45) is 12.0. The zero-order valence-electron chi connectivity index (χ0n) is 12.7.